The lowest BCUT2D eigenvalue weighted by atomic mass is 10.3. The number of amides is 3. The van der Waals surface area contributed by atoms with E-state index in [9.17, 15) is 14.4 Å². The van der Waals surface area contributed by atoms with Crippen molar-refractivity contribution in [2.75, 3.05) is 24.7 Å². The molecule has 0 saturated carbocycles. The molecule has 0 radical (unpaired) electrons. The van der Waals surface area contributed by atoms with Gasteiger partial charge in [-0.2, -0.15) is 0 Å². The Morgan fingerprint density at radius 1 is 1.32 bits per heavy atom. The summed E-state index contributed by atoms with van der Waals surface area (Å²) in [4.78, 5) is 38.6. The molecule has 0 aliphatic rings. The maximum Gasteiger partial charge on any atom is 0.417 e. The summed E-state index contributed by atoms with van der Waals surface area (Å²) in [5, 5.41) is 12.7. The van der Waals surface area contributed by atoms with Crippen molar-refractivity contribution in [2.45, 2.75) is 6.54 Å². The second kappa shape index (κ2) is 6.47. The molecule has 3 amide bonds. The second-order valence-corrected chi connectivity index (χ2v) is 5.40. The zero-order chi connectivity index (χ0) is 18.0. The zero-order valence-electron chi connectivity index (χ0n) is 13.4. The van der Waals surface area contributed by atoms with Crippen molar-refractivity contribution < 1.29 is 14.0 Å². The summed E-state index contributed by atoms with van der Waals surface area (Å²) in [5.41, 5.74) is 1.36. The molecule has 3 N–H and O–H groups in total. The molecule has 1 aromatic carbocycles. The van der Waals surface area contributed by atoms with Gasteiger partial charge in [0, 0.05) is 25.8 Å². The standard InChI is InChI=1S/C14H15N7O4/c1-20(2)13(23)17-11-6-21(19-18-11)7-12(22)15-8-3-4-9-10(5-8)25-14(24)16-9/h3-6H,7H2,1-2H3,(H,15,22)(H,16,24)(H,17,23). The van der Waals surface area contributed by atoms with Crippen molar-refractivity contribution in [3.05, 3.63) is 34.9 Å². The summed E-state index contributed by atoms with van der Waals surface area (Å²) in [6, 6.07) is 4.45. The lowest BCUT2D eigenvalue weighted by molar-refractivity contribution is -0.116. The van der Waals surface area contributed by atoms with Crippen molar-refractivity contribution in [1.29, 1.82) is 0 Å². The van der Waals surface area contributed by atoms with Crippen LogP contribution >= 0.6 is 0 Å². The van der Waals surface area contributed by atoms with Crippen molar-refractivity contribution in [3.8, 4) is 0 Å². The molecule has 2 heterocycles. The number of fused-ring (bicyclic) bond motifs is 1. The van der Waals surface area contributed by atoms with Gasteiger partial charge in [-0.05, 0) is 12.1 Å². The highest BCUT2D eigenvalue weighted by Crippen LogP contribution is 2.16. The Balaban J connectivity index is 1.62. The van der Waals surface area contributed by atoms with Crippen LogP contribution in [0.5, 0.6) is 0 Å². The molecule has 11 nitrogen and oxygen atoms in total. The lowest BCUT2D eigenvalue weighted by Crippen LogP contribution is -2.27. The van der Waals surface area contributed by atoms with E-state index in [1.54, 1.807) is 26.2 Å². The first-order chi connectivity index (χ1) is 11.9. The van der Waals surface area contributed by atoms with E-state index < -0.39 is 5.76 Å². The minimum Gasteiger partial charge on any atom is -0.408 e. The topological polar surface area (TPSA) is 138 Å². The highest BCUT2D eigenvalue weighted by atomic mass is 16.4. The van der Waals surface area contributed by atoms with E-state index in [-0.39, 0.29) is 24.3 Å². The normalized spacial score (nSPS) is 10.6. The SMILES string of the molecule is CN(C)C(=O)Nc1cn(CC(=O)Nc2ccc3[nH]c(=O)oc3c2)nn1. The third-order valence-electron chi connectivity index (χ3n) is 3.19. The Bertz CT molecular complexity index is 984. The molecule has 0 bridgehead atoms. The number of anilines is 2. The molecule has 11 heteroatoms. The maximum atomic E-state index is 12.1. The number of nitrogens with one attached hydrogen (secondary N) is 3. The number of benzene rings is 1. The molecule has 130 valence electrons. The first-order valence-corrected chi connectivity index (χ1v) is 7.22. The molecule has 0 fully saturated rings. The van der Waals surface area contributed by atoms with Crippen LogP contribution in [0.15, 0.2) is 33.6 Å². The van der Waals surface area contributed by atoms with Gasteiger partial charge in [-0.25, -0.2) is 14.3 Å². The minimum atomic E-state index is -0.562. The molecule has 2 aromatic heterocycles. The van der Waals surface area contributed by atoms with Crippen LogP contribution in [0, 0.1) is 0 Å². The number of H-pyrrole nitrogens is 1. The maximum absolute atomic E-state index is 12.1. The fourth-order valence-electron chi connectivity index (χ4n) is 2.03. The van der Waals surface area contributed by atoms with Crippen LogP contribution in [0.25, 0.3) is 11.1 Å². The van der Waals surface area contributed by atoms with Gasteiger partial charge in [0.1, 0.15) is 6.54 Å². The number of carbonyl (C=O) groups is 2. The van der Waals surface area contributed by atoms with Crippen LogP contribution in [-0.2, 0) is 11.3 Å². The molecule has 0 aliphatic heterocycles. The molecule has 0 unspecified atom stereocenters. The van der Waals surface area contributed by atoms with Crippen molar-refractivity contribution in [1.82, 2.24) is 24.9 Å². The number of hydrogen-bond acceptors (Lipinski definition) is 6. The molecular formula is C14H15N7O4. The Kier molecular flexibility index (Phi) is 4.20. The molecule has 3 aromatic rings. The lowest BCUT2D eigenvalue weighted by Gasteiger charge is -2.09. The highest BCUT2D eigenvalue weighted by molar-refractivity contribution is 5.92. The van der Waals surface area contributed by atoms with Crippen LogP contribution in [0.3, 0.4) is 0 Å². The average molecular weight is 345 g/mol. The fourth-order valence-corrected chi connectivity index (χ4v) is 2.03. The van der Waals surface area contributed by atoms with Gasteiger partial charge in [0.15, 0.2) is 11.4 Å². The highest BCUT2D eigenvalue weighted by Gasteiger charge is 2.10. The van der Waals surface area contributed by atoms with E-state index in [1.165, 1.54) is 21.8 Å². The van der Waals surface area contributed by atoms with Gasteiger partial charge in [0.2, 0.25) is 5.91 Å². The summed E-state index contributed by atoms with van der Waals surface area (Å²) in [6.45, 7) is -0.0973. The molecule has 3 rings (SSSR count). The number of carbonyl (C=O) groups excluding carboxylic acids is 2. The Morgan fingerprint density at radius 2 is 2.12 bits per heavy atom. The smallest absolute Gasteiger partial charge is 0.408 e. The summed E-state index contributed by atoms with van der Waals surface area (Å²) >= 11 is 0. The first-order valence-electron chi connectivity index (χ1n) is 7.22. The fraction of sp³-hybridized carbons (Fsp3) is 0.214. The number of urea groups is 1. The second-order valence-electron chi connectivity index (χ2n) is 5.40. The number of aromatic amines is 1. The van der Waals surface area contributed by atoms with Crippen LogP contribution in [0.1, 0.15) is 0 Å². The molecule has 0 aliphatic carbocycles. The van der Waals surface area contributed by atoms with Gasteiger partial charge in [0.25, 0.3) is 0 Å². The van der Waals surface area contributed by atoms with Crippen LogP contribution in [0.4, 0.5) is 16.3 Å². The monoisotopic (exact) mass is 345 g/mol. The Morgan fingerprint density at radius 3 is 2.88 bits per heavy atom. The quantitative estimate of drug-likeness (QED) is 0.627. The summed E-state index contributed by atoms with van der Waals surface area (Å²) in [7, 11) is 3.19. The Hall–Kier alpha value is -3.63. The largest absolute Gasteiger partial charge is 0.417 e. The minimum absolute atomic E-state index is 0.0973. The summed E-state index contributed by atoms with van der Waals surface area (Å²) in [6.07, 6.45) is 1.44. The van der Waals surface area contributed by atoms with Gasteiger partial charge in [-0.15, -0.1) is 5.10 Å². The Labute approximate surface area is 140 Å². The molecule has 0 saturated heterocycles. The van der Waals surface area contributed by atoms with E-state index in [4.69, 9.17) is 4.42 Å². The third-order valence-corrected chi connectivity index (χ3v) is 3.19. The van der Waals surface area contributed by atoms with Crippen molar-refractivity contribution in [3.63, 3.8) is 0 Å². The zero-order valence-corrected chi connectivity index (χ0v) is 13.4. The molecular weight excluding hydrogens is 330 g/mol. The van der Waals surface area contributed by atoms with E-state index in [1.807, 2.05) is 0 Å². The van der Waals surface area contributed by atoms with Gasteiger partial charge < -0.3 is 14.6 Å². The van der Waals surface area contributed by atoms with E-state index in [2.05, 4.69) is 25.9 Å². The number of hydrogen-bond donors (Lipinski definition) is 3. The summed E-state index contributed by atoms with van der Waals surface area (Å²) in [5.74, 6) is -0.678. The first kappa shape index (κ1) is 16.2. The number of rotatable bonds is 4. The van der Waals surface area contributed by atoms with E-state index in [0.29, 0.717) is 16.8 Å². The number of aromatic nitrogens is 4. The molecule has 0 spiro atoms. The van der Waals surface area contributed by atoms with Crippen LogP contribution in [-0.4, -0.2) is 50.9 Å². The molecule has 0 atom stereocenters. The van der Waals surface area contributed by atoms with Gasteiger partial charge in [-0.3, -0.25) is 15.1 Å². The van der Waals surface area contributed by atoms with Crippen LogP contribution in [0.2, 0.25) is 0 Å². The van der Waals surface area contributed by atoms with Crippen LogP contribution < -0.4 is 16.4 Å². The number of oxazole rings is 1. The average Bonchev–Trinajstić information content (AvgIpc) is 3.11. The number of nitrogens with zero attached hydrogens (tertiary/aromatic N) is 4. The molecule has 25 heavy (non-hydrogen) atoms. The van der Waals surface area contributed by atoms with Gasteiger partial charge >= 0.3 is 11.8 Å². The third kappa shape index (κ3) is 3.83. The predicted octanol–water partition coefficient (Wildman–Crippen LogP) is 0.445. The van der Waals surface area contributed by atoms with Gasteiger partial charge in [0.05, 0.1) is 11.7 Å². The summed E-state index contributed by atoms with van der Waals surface area (Å²) < 4.78 is 6.22. The van der Waals surface area contributed by atoms with Crippen molar-refractivity contribution >= 4 is 34.5 Å². The van der Waals surface area contributed by atoms with Gasteiger partial charge in [-0.1, -0.05) is 5.21 Å². The predicted molar refractivity (Wildman–Crippen MR) is 88.2 cm³/mol. The van der Waals surface area contributed by atoms with E-state index >= 15 is 0 Å². The van der Waals surface area contributed by atoms with Crippen molar-refractivity contribution in [2.24, 2.45) is 0 Å². The van der Waals surface area contributed by atoms with E-state index in [0.717, 1.165) is 0 Å².